The lowest BCUT2D eigenvalue weighted by molar-refractivity contribution is -0.122. The van der Waals surface area contributed by atoms with Crippen molar-refractivity contribution in [3.8, 4) is 0 Å². The normalized spacial score (nSPS) is 16.9. The molecule has 2 N–H and O–H groups in total. The summed E-state index contributed by atoms with van der Waals surface area (Å²) in [6.45, 7) is 11.0. The standard InChI is InChI=1S/C29H42N4O2/c1-7-24-14-15-27(21(2)17-24)31-23(4)13-16-28(34)32-26(18-25-11-9-8-10-12-25)19-30-29(35)22(3)20-33(5)6/h8-12,14-15,24,26H,3,7,13,16-20H2,1-2,4-6H3,(H,30,35)(H,32,34)/b31-23+. The van der Waals surface area contributed by atoms with Crippen molar-refractivity contribution in [3.05, 3.63) is 71.5 Å². The highest BCUT2D eigenvalue weighted by Crippen LogP contribution is 2.26. The van der Waals surface area contributed by atoms with Gasteiger partial charge in [0.15, 0.2) is 0 Å². The maximum absolute atomic E-state index is 12.8. The Kier molecular flexibility index (Phi) is 11.6. The summed E-state index contributed by atoms with van der Waals surface area (Å²) in [6, 6.07) is 9.76. The summed E-state index contributed by atoms with van der Waals surface area (Å²) >= 11 is 0. The van der Waals surface area contributed by atoms with Crippen LogP contribution in [-0.2, 0) is 16.0 Å². The number of amides is 2. The Bertz CT molecular complexity index is 960. The molecule has 2 amide bonds. The fraction of sp³-hybridized carbons (Fsp3) is 0.483. The maximum atomic E-state index is 12.8. The molecule has 0 aromatic heterocycles. The summed E-state index contributed by atoms with van der Waals surface area (Å²) in [7, 11) is 3.79. The molecule has 0 saturated carbocycles. The largest absolute Gasteiger partial charge is 0.351 e. The zero-order chi connectivity index (χ0) is 25.8. The number of benzene rings is 1. The average Bonchev–Trinajstić information content (AvgIpc) is 2.82. The molecule has 35 heavy (non-hydrogen) atoms. The summed E-state index contributed by atoms with van der Waals surface area (Å²) < 4.78 is 0. The first-order valence-electron chi connectivity index (χ1n) is 12.5. The summed E-state index contributed by atoms with van der Waals surface area (Å²) in [6.07, 6.45) is 8.12. The fourth-order valence-electron chi connectivity index (χ4n) is 4.07. The first kappa shape index (κ1) is 28.2. The molecule has 1 aliphatic carbocycles. The van der Waals surface area contributed by atoms with Crippen molar-refractivity contribution >= 4 is 17.5 Å². The van der Waals surface area contributed by atoms with Gasteiger partial charge in [-0.1, -0.05) is 49.9 Å². The second kappa shape index (κ2) is 14.4. The number of rotatable bonds is 13. The summed E-state index contributed by atoms with van der Waals surface area (Å²) in [4.78, 5) is 31.9. The lowest BCUT2D eigenvalue weighted by Crippen LogP contribution is -2.45. The van der Waals surface area contributed by atoms with Crippen LogP contribution in [0.1, 0.15) is 52.0 Å². The van der Waals surface area contributed by atoms with Crippen LogP contribution in [-0.4, -0.2) is 55.7 Å². The van der Waals surface area contributed by atoms with Crippen molar-refractivity contribution in [2.75, 3.05) is 27.2 Å². The smallest absolute Gasteiger partial charge is 0.247 e. The van der Waals surface area contributed by atoms with Gasteiger partial charge in [0.1, 0.15) is 0 Å². The Morgan fingerprint density at radius 3 is 2.54 bits per heavy atom. The molecular formula is C29H42N4O2. The highest BCUT2D eigenvalue weighted by Gasteiger charge is 2.17. The van der Waals surface area contributed by atoms with E-state index in [-0.39, 0.29) is 17.9 Å². The molecule has 0 fully saturated rings. The Morgan fingerprint density at radius 1 is 1.20 bits per heavy atom. The third-order valence-electron chi connectivity index (χ3n) is 6.11. The Morgan fingerprint density at radius 2 is 1.91 bits per heavy atom. The summed E-state index contributed by atoms with van der Waals surface area (Å²) in [5.74, 6) is 0.364. The van der Waals surface area contributed by atoms with E-state index in [4.69, 9.17) is 4.99 Å². The number of aliphatic imine (C=N–C) groups is 1. The second-order valence-corrected chi connectivity index (χ2v) is 9.75. The van der Waals surface area contributed by atoms with E-state index in [1.165, 1.54) is 5.57 Å². The van der Waals surface area contributed by atoms with E-state index >= 15 is 0 Å². The van der Waals surface area contributed by atoms with Crippen molar-refractivity contribution in [1.29, 1.82) is 0 Å². The van der Waals surface area contributed by atoms with E-state index in [9.17, 15) is 9.59 Å². The van der Waals surface area contributed by atoms with E-state index in [0.717, 1.165) is 29.8 Å². The molecule has 0 heterocycles. The van der Waals surface area contributed by atoms with Crippen LogP contribution in [0.3, 0.4) is 0 Å². The Labute approximate surface area is 211 Å². The third kappa shape index (κ3) is 10.4. The van der Waals surface area contributed by atoms with E-state index in [1.54, 1.807) is 0 Å². The molecule has 0 bridgehead atoms. The number of hydrogen-bond acceptors (Lipinski definition) is 4. The first-order chi connectivity index (χ1) is 16.7. The molecule has 2 rings (SSSR count). The third-order valence-corrected chi connectivity index (χ3v) is 6.11. The van der Waals surface area contributed by atoms with Gasteiger partial charge in [-0.2, -0.15) is 0 Å². The van der Waals surface area contributed by atoms with Gasteiger partial charge in [0.05, 0.1) is 11.7 Å². The minimum absolute atomic E-state index is 0.0437. The molecule has 1 aliphatic rings. The average molecular weight is 479 g/mol. The molecule has 1 aromatic rings. The number of carbonyl (C=O) groups is 2. The topological polar surface area (TPSA) is 73.8 Å². The second-order valence-electron chi connectivity index (χ2n) is 9.75. The van der Waals surface area contributed by atoms with Crippen molar-refractivity contribution in [2.45, 2.75) is 58.9 Å². The zero-order valence-corrected chi connectivity index (χ0v) is 22.1. The van der Waals surface area contributed by atoms with E-state index in [1.807, 2.05) is 56.3 Å². The maximum Gasteiger partial charge on any atom is 0.247 e. The van der Waals surface area contributed by atoms with E-state index in [2.05, 4.69) is 43.2 Å². The van der Waals surface area contributed by atoms with Crippen LogP contribution in [0.2, 0.25) is 0 Å². The van der Waals surface area contributed by atoms with Gasteiger partial charge in [-0.05, 0) is 76.8 Å². The van der Waals surface area contributed by atoms with Gasteiger partial charge < -0.3 is 15.5 Å². The number of likely N-dealkylation sites (N-methyl/N-ethyl adjacent to an activating group) is 1. The van der Waals surface area contributed by atoms with Crippen LogP contribution in [0.4, 0.5) is 0 Å². The quantitative estimate of drug-likeness (QED) is 0.325. The highest BCUT2D eigenvalue weighted by atomic mass is 16.2. The SMILES string of the molecule is C=C(CN(C)C)C(=O)NCC(Cc1ccccc1)NC(=O)CC/C(C)=N/C1=C(C)CC(CC)C=C1. The van der Waals surface area contributed by atoms with Crippen molar-refractivity contribution in [3.63, 3.8) is 0 Å². The highest BCUT2D eigenvalue weighted by molar-refractivity contribution is 5.93. The van der Waals surface area contributed by atoms with Gasteiger partial charge in [0.2, 0.25) is 11.8 Å². The minimum Gasteiger partial charge on any atom is -0.351 e. The molecule has 6 heteroatoms. The van der Waals surface area contributed by atoms with Gasteiger partial charge in [0.25, 0.3) is 0 Å². The predicted molar refractivity (Wildman–Crippen MR) is 145 cm³/mol. The molecule has 0 aliphatic heterocycles. The van der Waals surface area contributed by atoms with Crippen molar-refractivity contribution in [1.82, 2.24) is 15.5 Å². The van der Waals surface area contributed by atoms with Crippen LogP contribution >= 0.6 is 0 Å². The molecule has 2 atom stereocenters. The summed E-state index contributed by atoms with van der Waals surface area (Å²) in [5, 5.41) is 6.04. The molecule has 190 valence electrons. The van der Waals surface area contributed by atoms with Gasteiger partial charge in [0, 0.05) is 30.8 Å². The van der Waals surface area contributed by atoms with E-state index in [0.29, 0.717) is 43.8 Å². The number of nitrogens with zero attached hydrogens (tertiary/aromatic N) is 2. The van der Waals surface area contributed by atoms with Gasteiger partial charge in [-0.25, -0.2) is 0 Å². The van der Waals surface area contributed by atoms with E-state index < -0.39 is 0 Å². The van der Waals surface area contributed by atoms with Gasteiger partial charge >= 0.3 is 0 Å². The molecule has 0 saturated heterocycles. The van der Waals surface area contributed by atoms with Gasteiger partial charge in [-0.3, -0.25) is 14.6 Å². The predicted octanol–water partition coefficient (Wildman–Crippen LogP) is 4.45. The zero-order valence-electron chi connectivity index (χ0n) is 22.1. The molecule has 0 spiro atoms. The van der Waals surface area contributed by atoms with Crippen molar-refractivity contribution in [2.24, 2.45) is 10.9 Å². The van der Waals surface area contributed by atoms with Gasteiger partial charge in [-0.15, -0.1) is 0 Å². The molecule has 6 nitrogen and oxygen atoms in total. The number of carbonyl (C=O) groups excluding carboxylic acids is 2. The Balaban J connectivity index is 1.94. The van der Waals surface area contributed by atoms with Crippen LogP contribution in [0.5, 0.6) is 0 Å². The molecule has 2 unspecified atom stereocenters. The Hall–Kier alpha value is -2.99. The minimum atomic E-state index is -0.213. The number of hydrogen-bond donors (Lipinski definition) is 2. The fourth-order valence-corrected chi connectivity index (χ4v) is 4.07. The molecular weight excluding hydrogens is 436 g/mol. The number of allylic oxidation sites excluding steroid dienone is 3. The lowest BCUT2D eigenvalue weighted by Gasteiger charge is -2.21. The van der Waals surface area contributed by atoms with Crippen LogP contribution in [0, 0.1) is 5.92 Å². The molecule has 1 aromatic carbocycles. The summed E-state index contributed by atoms with van der Waals surface area (Å²) in [5.41, 5.74) is 4.88. The number of nitrogens with one attached hydrogen (secondary N) is 2. The van der Waals surface area contributed by atoms with Crippen molar-refractivity contribution < 1.29 is 9.59 Å². The van der Waals surface area contributed by atoms with Crippen LogP contribution < -0.4 is 10.6 Å². The van der Waals surface area contributed by atoms with Crippen LogP contribution in [0.25, 0.3) is 0 Å². The van der Waals surface area contributed by atoms with Crippen LogP contribution in [0.15, 0.2) is 70.9 Å². The molecule has 0 radical (unpaired) electrons. The lowest BCUT2D eigenvalue weighted by atomic mass is 9.91. The first-order valence-corrected chi connectivity index (χ1v) is 12.5. The monoisotopic (exact) mass is 478 g/mol.